The third kappa shape index (κ3) is 17.8. The van der Waals surface area contributed by atoms with E-state index in [4.69, 9.17) is 0 Å². The van der Waals surface area contributed by atoms with Crippen LogP contribution in [0.25, 0.3) is 0 Å². The molecule has 0 radical (unpaired) electrons. The number of hydrogen-bond acceptors (Lipinski definition) is 0. The van der Waals surface area contributed by atoms with E-state index in [-0.39, 0.29) is 0 Å². The lowest BCUT2D eigenvalue weighted by Gasteiger charge is -2.05. The summed E-state index contributed by atoms with van der Waals surface area (Å²) in [7, 11) is 0. The molecule has 3 aliphatic rings. The Morgan fingerprint density at radius 2 is 0.818 bits per heavy atom. The van der Waals surface area contributed by atoms with E-state index >= 15 is 0 Å². The lowest BCUT2D eigenvalue weighted by molar-refractivity contribution is 0.504. The molecule has 2 fully saturated rings. The van der Waals surface area contributed by atoms with Crippen molar-refractivity contribution in [2.45, 2.75) is 120 Å². The van der Waals surface area contributed by atoms with Gasteiger partial charge in [0.25, 0.3) is 0 Å². The Kier molecular flexibility index (Phi) is 31.1. The summed E-state index contributed by atoms with van der Waals surface area (Å²) in [5.41, 5.74) is 0. The minimum atomic E-state index is 0.991. The Morgan fingerprint density at radius 1 is 0.591 bits per heavy atom. The molecule has 0 aromatic rings. The fourth-order valence-corrected chi connectivity index (χ4v) is 2.78. The molecule has 0 nitrogen and oxygen atoms in total. The molecule has 0 N–H and O–H groups in total. The van der Waals surface area contributed by atoms with Crippen molar-refractivity contribution in [2.24, 2.45) is 11.8 Å². The van der Waals surface area contributed by atoms with Gasteiger partial charge in [-0.1, -0.05) is 112 Å². The summed E-state index contributed by atoms with van der Waals surface area (Å²) < 4.78 is 0. The molecule has 0 amide bonds. The number of allylic oxidation sites excluding steroid dienone is 2. The standard InChI is InChI=1S/C7H10.C6H12.C3H8.3C2H6/c1-2-7-4-3-6(1)5-7;1-2-4-6-5-3-1;1-3-2;3*1-2/h1-2,6-7H,3-5H2;1-6H2;3H2,1-2H3;3*1-2H3. The molecular formula is C22H48. The summed E-state index contributed by atoms with van der Waals surface area (Å²) in [4.78, 5) is 0. The molecule has 0 aliphatic heterocycles. The molecule has 0 heteroatoms. The predicted molar refractivity (Wildman–Crippen MR) is 108 cm³/mol. The van der Waals surface area contributed by atoms with Crippen molar-refractivity contribution in [3.05, 3.63) is 12.2 Å². The highest BCUT2D eigenvalue weighted by atomic mass is 14.3. The van der Waals surface area contributed by atoms with Crippen LogP contribution in [0.2, 0.25) is 0 Å². The maximum atomic E-state index is 2.38. The van der Waals surface area contributed by atoms with Crippen molar-refractivity contribution < 1.29 is 0 Å². The van der Waals surface area contributed by atoms with E-state index in [0.29, 0.717) is 0 Å². The summed E-state index contributed by atoms with van der Waals surface area (Å²) in [6.45, 7) is 16.2. The summed E-state index contributed by atoms with van der Waals surface area (Å²) in [5, 5.41) is 0. The van der Waals surface area contributed by atoms with Crippen LogP contribution in [0, 0.1) is 11.8 Å². The molecule has 2 unspecified atom stereocenters. The van der Waals surface area contributed by atoms with E-state index in [0.717, 1.165) is 11.8 Å². The predicted octanol–water partition coefficient (Wildman–Crippen LogP) is 8.81. The van der Waals surface area contributed by atoms with Crippen LogP contribution in [0.5, 0.6) is 0 Å². The fourth-order valence-electron chi connectivity index (χ4n) is 2.78. The van der Waals surface area contributed by atoms with E-state index in [1.165, 1.54) is 64.2 Å². The molecule has 0 saturated heterocycles. The van der Waals surface area contributed by atoms with Crippen molar-refractivity contribution in [2.75, 3.05) is 0 Å². The lowest BCUT2D eigenvalue weighted by atomic mass is 10.0. The third-order valence-electron chi connectivity index (χ3n) is 3.67. The molecule has 3 aliphatic carbocycles. The van der Waals surface area contributed by atoms with Crippen molar-refractivity contribution in [3.8, 4) is 0 Å². The zero-order chi connectivity index (χ0) is 17.6. The number of fused-ring (bicyclic) bond motifs is 2. The largest absolute Gasteiger partial charge is 0.0851 e. The minimum Gasteiger partial charge on any atom is -0.0851 e. The topological polar surface area (TPSA) is 0 Å². The monoisotopic (exact) mass is 312 g/mol. The van der Waals surface area contributed by atoms with Gasteiger partial charge in [-0.3, -0.25) is 0 Å². The van der Waals surface area contributed by atoms with E-state index in [1.807, 2.05) is 41.5 Å². The van der Waals surface area contributed by atoms with Crippen LogP contribution in [0.15, 0.2) is 12.2 Å². The first-order valence-corrected chi connectivity index (χ1v) is 10.5. The van der Waals surface area contributed by atoms with Gasteiger partial charge in [0.15, 0.2) is 0 Å². The highest BCUT2D eigenvalue weighted by Gasteiger charge is 2.25. The molecule has 2 bridgehead atoms. The average molecular weight is 313 g/mol. The van der Waals surface area contributed by atoms with Crippen molar-refractivity contribution >= 4 is 0 Å². The van der Waals surface area contributed by atoms with Gasteiger partial charge in [-0.2, -0.15) is 0 Å². The van der Waals surface area contributed by atoms with Gasteiger partial charge < -0.3 is 0 Å². The first-order valence-electron chi connectivity index (χ1n) is 10.5. The van der Waals surface area contributed by atoms with Gasteiger partial charge in [0.1, 0.15) is 0 Å². The van der Waals surface area contributed by atoms with E-state index in [1.54, 1.807) is 0 Å². The van der Waals surface area contributed by atoms with Crippen LogP contribution in [0.4, 0.5) is 0 Å². The van der Waals surface area contributed by atoms with Crippen molar-refractivity contribution in [1.29, 1.82) is 0 Å². The summed E-state index contributed by atoms with van der Waals surface area (Å²) >= 11 is 0. The van der Waals surface area contributed by atoms with Gasteiger partial charge in [-0.25, -0.2) is 0 Å². The van der Waals surface area contributed by atoms with Gasteiger partial charge in [0.05, 0.1) is 0 Å². The van der Waals surface area contributed by atoms with Crippen LogP contribution < -0.4 is 0 Å². The normalized spacial score (nSPS) is 22.7. The van der Waals surface area contributed by atoms with Crippen molar-refractivity contribution in [1.82, 2.24) is 0 Å². The highest BCUT2D eigenvalue weighted by molar-refractivity contribution is 5.06. The van der Waals surface area contributed by atoms with Crippen LogP contribution in [0.1, 0.15) is 120 Å². The van der Waals surface area contributed by atoms with Gasteiger partial charge in [0.2, 0.25) is 0 Å². The second-order valence-electron chi connectivity index (χ2n) is 5.55. The van der Waals surface area contributed by atoms with Gasteiger partial charge in [-0.15, -0.1) is 0 Å². The molecule has 3 rings (SSSR count). The van der Waals surface area contributed by atoms with E-state index < -0.39 is 0 Å². The molecule has 2 atom stereocenters. The van der Waals surface area contributed by atoms with Gasteiger partial charge in [-0.05, 0) is 31.1 Å². The van der Waals surface area contributed by atoms with Crippen LogP contribution >= 0.6 is 0 Å². The Balaban J connectivity index is -0.000000221. The first kappa shape index (κ1) is 26.6. The first-order chi connectivity index (χ1) is 10.9. The van der Waals surface area contributed by atoms with E-state index in [9.17, 15) is 0 Å². The molecular weight excluding hydrogens is 264 g/mol. The molecule has 136 valence electrons. The zero-order valence-corrected chi connectivity index (χ0v) is 17.4. The Hall–Kier alpha value is -0.260. The molecule has 0 spiro atoms. The smallest absolute Gasteiger partial charge is 0.0228 e. The fraction of sp³-hybridized carbons (Fsp3) is 0.909. The highest BCUT2D eigenvalue weighted by Crippen LogP contribution is 2.38. The summed E-state index contributed by atoms with van der Waals surface area (Å²) in [5.74, 6) is 1.98. The maximum Gasteiger partial charge on any atom is -0.0228 e. The van der Waals surface area contributed by atoms with Crippen LogP contribution in [-0.4, -0.2) is 0 Å². The minimum absolute atomic E-state index is 0.991. The van der Waals surface area contributed by atoms with Crippen LogP contribution in [-0.2, 0) is 0 Å². The lowest BCUT2D eigenvalue weighted by Crippen LogP contribution is -1.85. The SMILES string of the molecule is C1=CC2CCC1C2.C1CCCCC1.CC.CC.CC.CCC. The molecule has 22 heavy (non-hydrogen) atoms. The molecule has 0 aromatic heterocycles. The van der Waals surface area contributed by atoms with Gasteiger partial charge >= 0.3 is 0 Å². The van der Waals surface area contributed by atoms with Gasteiger partial charge in [0, 0.05) is 0 Å². The quantitative estimate of drug-likeness (QED) is 0.392. The number of rotatable bonds is 0. The summed E-state index contributed by atoms with van der Waals surface area (Å²) in [6, 6.07) is 0. The second kappa shape index (κ2) is 25.7. The second-order valence-corrected chi connectivity index (χ2v) is 5.55. The Morgan fingerprint density at radius 3 is 0.909 bits per heavy atom. The van der Waals surface area contributed by atoms with Crippen LogP contribution in [0.3, 0.4) is 0 Å². The zero-order valence-electron chi connectivity index (χ0n) is 17.4. The molecule has 0 aromatic carbocycles. The Bertz CT molecular complexity index is 153. The molecule has 2 saturated carbocycles. The van der Waals surface area contributed by atoms with E-state index in [2.05, 4.69) is 26.0 Å². The number of hydrogen-bond donors (Lipinski definition) is 0. The maximum absolute atomic E-state index is 2.38. The van der Waals surface area contributed by atoms with Crippen molar-refractivity contribution in [3.63, 3.8) is 0 Å². The average Bonchev–Trinajstić information content (AvgIpc) is 3.29. The molecule has 0 heterocycles. The summed E-state index contributed by atoms with van der Waals surface area (Å²) in [6.07, 6.45) is 19.4. The third-order valence-corrected chi connectivity index (χ3v) is 3.67. The Labute approximate surface area is 144 Å².